The van der Waals surface area contributed by atoms with Gasteiger partial charge in [0.2, 0.25) is 0 Å². The molecule has 0 radical (unpaired) electrons. The van der Waals surface area contributed by atoms with Gasteiger partial charge in [-0.1, -0.05) is 6.92 Å². The van der Waals surface area contributed by atoms with E-state index in [1.165, 1.54) is 0 Å². The summed E-state index contributed by atoms with van der Waals surface area (Å²) >= 11 is 0. The first-order chi connectivity index (χ1) is 11.0. The van der Waals surface area contributed by atoms with Crippen molar-refractivity contribution in [2.75, 3.05) is 11.9 Å². The lowest BCUT2D eigenvalue weighted by Crippen LogP contribution is -2.32. The molecular formula is C15H25N7O. The second-order valence-electron chi connectivity index (χ2n) is 5.54. The van der Waals surface area contributed by atoms with E-state index < -0.39 is 0 Å². The van der Waals surface area contributed by atoms with Crippen LogP contribution in [0.3, 0.4) is 0 Å². The molecule has 8 nitrogen and oxygen atoms in total. The highest BCUT2D eigenvalue weighted by atomic mass is 16.2. The highest BCUT2D eigenvalue weighted by Crippen LogP contribution is 2.18. The number of anilines is 1. The largest absolute Gasteiger partial charge is 0.337 e. The van der Waals surface area contributed by atoms with Gasteiger partial charge >= 0.3 is 6.03 Å². The average molecular weight is 319 g/mol. The van der Waals surface area contributed by atoms with Gasteiger partial charge in [-0.3, -0.25) is 5.32 Å². The van der Waals surface area contributed by atoms with E-state index in [4.69, 9.17) is 0 Å². The van der Waals surface area contributed by atoms with Crippen molar-refractivity contribution in [1.29, 1.82) is 0 Å². The van der Waals surface area contributed by atoms with Gasteiger partial charge in [-0.15, -0.1) is 10.2 Å². The number of nitrogens with one attached hydrogen (secondary N) is 2. The van der Waals surface area contributed by atoms with Crippen molar-refractivity contribution in [2.24, 2.45) is 0 Å². The van der Waals surface area contributed by atoms with Crippen molar-refractivity contribution in [2.45, 2.75) is 53.1 Å². The maximum Gasteiger partial charge on any atom is 0.320 e. The summed E-state index contributed by atoms with van der Waals surface area (Å²) in [5.41, 5.74) is 0.886. The van der Waals surface area contributed by atoms with Crippen LogP contribution in [0.4, 0.5) is 10.6 Å². The molecule has 23 heavy (non-hydrogen) atoms. The van der Waals surface area contributed by atoms with Gasteiger partial charge in [-0.05, 0) is 27.2 Å². The summed E-state index contributed by atoms with van der Waals surface area (Å²) in [6.07, 6.45) is 3.29. The third kappa shape index (κ3) is 4.30. The van der Waals surface area contributed by atoms with Crippen LogP contribution in [0.2, 0.25) is 0 Å². The van der Waals surface area contributed by atoms with Crippen LogP contribution in [0.15, 0.2) is 12.4 Å². The Hall–Kier alpha value is -2.38. The topological polar surface area (TPSA) is 89.7 Å². The van der Waals surface area contributed by atoms with E-state index in [-0.39, 0.29) is 12.1 Å². The summed E-state index contributed by atoms with van der Waals surface area (Å²) in [6.45, 7) is 9.44. The van der Waals surface area contributed by atoms with Gasteiger partial charge in [-0.2, -0.15) is 5.10 Å². The molecule has 0 saturated carbocycles. The molecule has 0 saturated heterocycles. The molecule has 126 valence electrons. The van der Waals surface area contributed by atoms with Crippen LogP contribution < -0.4 is 10.6 Å². The van der Waals surface area contributed by atoms with E-state index in [1.807, 2.05) is 29.2 Å². The van der Waals surface area contributed by atoms with Crippen molar-refractivity contribution in [3.8, 4) is 0 Å². The molecule has 0 aliphatic heterocycles. The van der Waals surface area contributed by atoms with Gasteiger partial charge in [0.15, 0.2) is 0 Å². The van der Waals surface area contributed by atoms with Gasteiger partial charge < -0.3 is 9.88 Å². The molecule has 2 heterocycles. The number of aryl methyl sites for hydroxylation is 2. The van der Waals surface area contributed by atoms with Crippen LogP contribution >= 0.6 is 0 Å². The maximum atomic E-state index is 12.1. The van der Waals surface area contributed by atoms with E-state index in [9.17, 15) is 4.79 Å². The minimum atomic E-state index is -0.239. The molecule has 0 aromatic carbocycles. The summed E-state index contributed by atoms with van der Waals surface area (Å²) in [6, 6.07) is 1.87. The molecule has 0 bridgehead atoms. The first-order valence-electron chi connectivity index (χ1n) is 8.02. The zero-order chi connectivity index (χ0) is 16.8. The standard InChI is InChI=1S/C15H25N7O/c1-5-12(4)22-14(9-11(3)20-22)18-15(23)16-8-7-13-19-17-10-21(13)6-2/h9-10,12H,5-8H2,1-4H3,(H2,16,18,23)/t12-/m0/s1. The predicted octanol–water partition coefficient (Wildman–Crippen LogP) is 2.14. The molecule has 2 aromatic heterocycles. The summed E-state index contributed by atoms with van der Waals surface area (Å²) in [5, 5.41) is 18.1. The van der Waals surface area contributed by atoms with Gasteiger partial charge in [0.1, 0.15) is 18.0 Å². The van der Waals surface area contributed by atoms with E-state index in [1.54, 1.807) is 6.33 Å². The molecule has 0 aliphatic carbocycles. The van der Waals surface area contributed by atoms with Gasteiger partial charge in [0.25, 0.3) is 0 Å². The molecule has 2 aromatic rings. The molecule has 2 N–H and O–H groups in total. The average Bonchev–Trinajstić information content (AvgIpc) is 3.12. The van der Waals surface area contributed by atoms with E-state index in [0.717, 1.165) is 24.5 Å². The lowest BCUT2D eigenvalue weighted by Gasteiger charge is -2.14. The van der Waals surface area contributed by atoms with Gasteiger partial charge in [-0.25, -0.2) is 9.48 Å². The minimum absolute atomic E-state index is 0.238. The molecule has 2 rings (SSSR count). The van der Waals surface area contributed by atoms with Crippen molar-refractivity contribution < 1.29 is 4.79 Å². The van der Waals surface area contributed by atoms with Crippen molar-refractivity contribution in [3.05, 3.63) is 23.9 Å². The third-order valence-corrected chi connectivity index (χ3v) is 3.78. The number of carbonyl (C=O) groups is 1. The van der Waals surface area contributed by atoms with Crippen LogP contribution in [-0.2, 0) is 13.0 Å². The number of urea groups is 1. The van der Waals surface area contributed by atoms with Crippen LogP contribution in [0, 0.1) is 6.92 Å². The van der Waals surface area contributed by atoms with Crippen molar-refractivity contribution >= 4 is 11.8 Å². The Labute approximate surface area is 136 Å². The number of amides is 2. The Balaban J connectivity index is 1.88. The van der Waals surface area contributed by atoms with Crippen LogP contribution in [0.5, 0.6) is 0 Å². The Bertz CT molecular complexity index is 646. The van der Waals surface area contributed by atoms with Crippen LogP contribution in [-0.4, -0.2) is 37.1 Å². The number of hydrogen-bond donors (Lipinski definition) is 2. The second kappa shape index (κ2) is 7.75. The molecule has 8 heteroatoms. The smallest absolute Gasteiger partial charge is 0.320 e. The monoisotopic (exact) mass is 319 g/mol. The molecule has 0 unspecified atom stereocenters. The quantitative estimate of drug-likeness (QED) is 0.818. The van der Waals surface area contributed by atoms with Gasteiger partial charge in [0.05, 0.1) is 11.7 Å². The highest BCUT2D eigenvalue weighted by molar-refractivity contribution is 5.88. The minimum Gasteiger partial charge on any atom is -0.337 e. The first kappa shape index (κ1) is 17.0. The summed E-state index contributed by atoms with van der Waals surface area (Å²) in [4.78, 5) is 12.1. The van der Waals surface area contributed by atoms with Gasteiger partial charge in [0, 0.05) is 25.6 Å². The maximum absolute atomic E-state index is 12.1. The fourth-order valence-corrected chi connectivity index (χ4v) is 2.30. The van der Waals surface area contributed by atoms with Crippen molar-refractivity contribution in [1.82, 2.24) is 29.9 Å². The number of nitrogens with zero attached hydrogens (tertiary/aromatic N) is 5. The molecule has 0 aliphatic rings. The summed E-state index contributed by atoms with van der Waals surface area (Å²) in [7, 11) is 0. The molecule has 0 spiro atoms. The van der Waals surface area contributed by atoms with E-state index in [0.29, 0.717) is 18.8 Å². The zero-order valence-corrected chi connectivity index (χ0v) is 14.2. The predicted molar refractivity (Wildman–Crippen MR) is 88.4 cm³/mol. The SMILES string of the molecule is CC[C@H](C)n1nc(C)cc1NC(=O)NCCc1nncn1CC. The third-order valence-electron chi connectivity index (χ3n) is 3.78. The zero-order valence-electron chi connectivity index (χ0n) is 14.2. The Morgan fingerprint density at radius 3 is 2.87 bits per heavy atom. The van der Waals surface area contributed by atoms with E-state index >= 15 is 0 Å². The lowest BCUT2D eigenvalue weighted by molar-refractivity contribution is 0.252. The van der Waals surface area contributed by atoms with Crippen LogP contribution in [0.25, 0.3) is 0 Å². The normalized spacial score (nSPS) is 12.2. The molecular weight excluding hydrogens is 294 g/mol. The lowest BCUT2D eigenvalue weighted by atomic mass is 10.3. The second-order valence-corrected chi connectivity index (χ2v) is 5.54. The summed E-state index contributed by atoms with van der Waals surface area (Å²) in [5.74, 6) is 1.58. The fraction of sp³-hybridized carbons (Fsp3) is 0.600. The van der Waals surface area contributed by atoms with Crippen molar-refractivity contribution in [3.63, 3.8) is 0 Å². The van der Waals surface area contributed by atoms with E-state index in [2.05, 4.69) is 39.8 Å². The highest BCUT2D eigenvalue weighted by Gasteiger charge is 2.13. The molecule has 2 amide bonds. The molecule has 0 fully saturated rings. The molecule has 1 atom stereocenters. The number of rotatable bonds is 7. The Morgan fingerprint density at radius 1 is 1.39 bits per heavy atom. The Kier molecular flexibility index (Phi) is 5.72. The Morgan fingerprint density at radius 2 is 2.17 bits per heavy atom. The first-order valence-corrected chi connectivity index (χ1v) is 8.02. The number of carbonyl (C=O) groups excluding carboxylic acids is 1. The fourth-order valence-electron chi connectivity index (χ4n) is 2.30. The number of hydrogen-bond acceptors (Lipinski definition) is 4. The summed E-state index contributed by atoms with van der Waals surface area (Å²) < 4.78 is 3.81. The van der Waals surface area contributed by atoms with Crippen LogP contribution in [0.1, 0.15) is 44.8 Å². The number of aromatic nitrogens is 5.